The van der Waals surface area contributed by atoms with Gasteiger partial charge in [-0.2, -0.15) is 30.7 Å². The number of hydrogen-bond acceptors (Lipinski definition) is 1. The summed E-state index contributed by atoms with van der Waals surface area (Å²) in [4.78, 5) is 2.72. The Morgan fingerprint density at radius 3 is 1.76 bits per heavy atom. The van der Waals surface area contributed by atoms with Crippen LogP contribution in [0.2, 0.25) is 0 Å². The molecule has 0 unspecified atom stereocenters. The fourth-order valence-electron chi connectivity index (χ4n) is 1.66. The molecule has 112 valence electrons. The fraction of sp³-hybridized carbons (Fsp3) is 0.154. The number of rotatable bonds is 1. The Bertz CT molecular complexity index is 641. The number of pyridine rings is 1. The van der Waals surface area contributed by atoms with Crippen LogP contribution >= 0.6 is 0 Å². The molecule has 0 aliphatic heterocycles. The maximum atomic E-state index is 13.1. The number of benzene rings is 1. The summed E-state index contributed by atoms with van der Waals surface area (Å²) in [6.07, 6.45) is -9.40. The van der Waals surface area contributed by atoms with E-state index in [1.807, 2.05) is 0 Å². The van der Waals surface area contributed by atoms with Crippen molar-refractivity contribution in [1.82, 2.24) is 4.98 Å². The molecule has 0 saturated carbocycles. The monoisotopic (exact) mass is 309 g/mol. The molecule has 21 heavy (non-hydrogen) atoms. The molecule has 8 heteroatoms. The van der Waals surface area contributed by atoms with E-state index in [4.69, 9.17) is 0 Å². The van der Waals surface area contributed by atoms with Crippen molar-refractivity contribution in [2.45, 2.75) is 12.4 Å². The fourth-order valence-corrected chi connectivity index (χ4v) is 1.66. The van der Waals surface area contributed by atoms with Crippen LogP contribution in [-0.4, -0.2) is 4.98 Å². The average Bonchev–Trinajstić information content (AvgIpc) is 2.36. The lowest BCUT2D eigenvalue weighted by molar-refractivity contribution is -0.141. The molecule has 0 saturated heterocycles. The first-order chi connectivity index (χ1) is 9.57. The first-order valence-electron chi connectivity index (χ1n) is 5.50. The number of hydrogen-bond donors (Lipinski definition) is 0. The predicted octanol–water partition coefficient (Wildman–Crippen LogP) is 4.93. The van der Waals surface area contributed by atoms with Crippen molar-refractivity contribution in [3.63, 3.8) is 0 Å². The molecule has 0 N–H and O–H groups in total. The third-order valence-electron chi connectivity index (χ3n) is 2.63. The van der Waals surface area contributed by atoms with Crippen molar-refractivity contribution in [2.75, 3.05) is 0 Å². The maximum absolute atomic E-state index is 13.1. The van der Waals surface area contributed by atoms with Crippen molar-refractivity contribution in [3.8, 4) is 11.1 Å². The first-order valence-corrected chi connectivity index (χ1v) is 5.50. The van der Waals surface area contributed by atoms with Gasteiger partial charge >= 0.3 is 12.4 Å². The third-order valence-corrected chi connectivity index (χ3v) is 2.63. The van der Waals surface area contributed by atoms with Gasteiger partial charge in [0.05, 0.1) is 5.56 Å². The Labute approximate surface area is 114 Å². The number of nitrogens with zero attached hydrogens (tertiary/aromatic N) is 1. The Balaban J connectivity index is 2.45. The van der Waals surface area contributed by atoms with Gasteiger partial charge in [-0.15, -0.1) is 0 Å². The zero-order valence-corrected chi connectivity index (χ0v) is 10.1. The highest BCUT2D eigenvalue weighted by molar-refractivity contribution is 5.64. The van der Waals surface area contributed by atoms with Crippen LogP contribution in [-0.2, 0) is 12.4 Å². The summed E-state index contributed by atoms with van der Waals surface area (Å²) in [5.41, 5.74) is -2.58. The Morgan fingerprint density at radius 2 is 1.29 bits per heavy atom. The second kappa shape index (κ2) is 5.01. The van der Waals surface area contributed by atoms with Gasteiger partial charge in [0, 0.05) is 6.07 Å². The van der Waals surface area contributed by atoms with E-state index < -0.39 is 29.6 Å². The maximum Gasteiger partial charge on any atom is 0.433 e. The van der Waals surface area contributed by atoms with Crippen molar-refractivity contribution >= 4 is 0 Å². The molecule has 0 amide bonds. The molecule has 0 fully saturated rings. The molecule has 0 aliphatic rings. The van der Waals surface area contributed by atoms with E-state index in [0.29, 0.717) is 18.2 Å². The SMILES string of the molecule is Fc1cc(-c2ccc(C(F)(F)F)cc2)cc(C(F)(F)F)n1. The molecular weight excluding hydrogens is 303 g/mol. The summed E-state index contributed by atoms with van der Waals surface area (Å²) in [6, 6.07) is 4.65. The molecule has 1 aromatic carbocycles. The lowest BCUT2D eigenvalue weighted by Gasteiger charge is -2.10. The minimum absolute atomic E-state index is 0.0230. The minimum Gasteiger partial charge on any atom is -0.215 e. The number of aromatic nitrogens is 1. The smallest absolute Gasteiger partial charge is 0.215 e. The largest absolute Gasteiger partial charge is 0.433 e. The topological polar surface area (TPSA) is 12.9 Å². The summed E-state index contributed by atoms with van der Waals surface area (Å²) >= 11 is 0. The van der Waals surface area contributed by atoms with Crippen LogP contribution in [0, 0.1) is 5.95 Å². The van der Waals surface area contributed by atoms with Gasteiger partial charge in [-0.1, -0.05) is 12.1 Å². The Kier molecular flexibility index (Phi) is 3.65. The van der Waals surface area contributed by atoms with Gasteiger partial charge in [-0.05, 0) is 29.3 Å². The van der Waals surface area contributed by atoms with Gasteiger partial charge in [-0.3, -0.25) is 0 Å². The summed E-state index contributed by atoms with van der Waals surface area (Å²) in [5.74, 6) is -1.36. The van der Waals surface area contributed by atoms with E-state index >= 15 is 0 Å². The van der Waals surface area contributed by atoms with Crippen LogP contribution in [0.1, 0.15) is 11.3 Å². The van der Waals surface area contributed by atoms with E-state index in [-0.39, 0.29) is 11.1 Å². The molecule has 1 heterocycles. The molecule has 0 atom stereocenters. The van der Waals surface area contributed by atoms with Crippen LogP contribution < -0.4 is 0 Å². The van der Waals surface area contributed by atoms with Crippen molar-refractivity contribution < 1.29 is 30.7 Å². The van der Waals surface area contributed by atoms with Crippen LogP contribution in [0.5, 0.6) is 0 Å². The highest BCUT2D eigenvalue weighted by Gasteiger charge is 2.34. The van der Waals surface area contributed by atoms with Gasteiger partial charge in [0.25, 0.3) is 0 Å². The van der Waals surface area contributed by atoms with Gasteiger partial charge in [0.2, 0.25) is 5.95 Å². The Morgan fingerprint density at radius 1 is 0.714 bits per heavy atom. The van der Waals surface area contributed by atoms with E-state index in [0.717, 1.165) is 18.2 Å². The standard InChI is InChI=1S/C13H6F7N/c14-11-6-8(5-10(21-11)13(18,19)20)7-1-3-9(4-2-7)12(15,16)17/h1-6H. The van der Waals surface area contributed by atoms with Crippen molar-refractivity contribution in [2.24, 2.45) is 0 Å². The molecule has 2 rings (SSSR count). The van der Waals surface area contributed by atoms with E-state index in [9.17, 15) is 30.7 Å². The van der Waals surface area contributed by atoms with Gasteiger partial charge < -0.3 is 0 Å². The zero-order chi connectivity index (χ0) is 15.8. The second-order valence-electron chi connectivity index (χ2n) is 4.14. The first kappa shape index (κ1) is 15.3. The molecule has 0 bridgehead atoms. The molecule has 0 aliphatic carbocycles. The highest BCUT2D eigenvalue weighted by atomic mass is 19.4. The summed E-state index contributed by atoms with van der Waals surface area (Å²) < 4.78 is 87.8. The lowest BCUT2D eigenvalue weighted by Crippen LogP contribution is -2.09. The normalized spacial score (nSPS) is 12.5. The van der Waals surface area contributed by atoms with Gasteiger partial charge in [-0.25, -0.2) is 4.98 Å². The summed E-state index contributed by atoms with van der Waals surface area (Å²) in [7, 11) is 0. The summed E-state index contributed by atoms with van der Waals surface area (Å²) in [6.45, 7) is 0. The van der Waals surface area contributed by atoms with Gasteiger partial charge in [0.1, 0.15) is 5.69 Å². The molecular formula is C13H6F7N. The van der Waals surface area contributed by atoms with E-state index in [2.05, 4.69) is 4.98 Å². The third kappa shape index (κ3) is 3.50. The number of halogens is 7. The highest BCUT2D eigenvalue weighted by Crippen LogP contribution is 2.33. The number of alkyl halides is 6. The van der Waals surface area contributed by atoms with Crippen LogP contribution in [0.4, 0.5) is 30.7 Å². The van der Waals surface area contributed by atoms with Crippen LogP contribution in [0.3, 0.4) is 0 Å². The van der Waals surface area contributed by atoms with Crippen molar-refractivity contribution in [3.05, 3.63) is 53.6 Å². The van der Waals surface area contributed by atoms with Crippen LogP contribution in [0.15, 0.2) is 36.4 Å². The summed E-state index contributed by atoms with van der Waals surface area (Å²) in [5, 5.41) is 0. The molecule has 2 aromatic rings. The zero-order valence-electron chi connectivity index (χ0n) is 10.1. The van der Waals surface area contributed by atoms with E-state index in [1.165, 1.54) is 0 Å². The average molecular weight is 309 g/mol. The molecule has 1 nitrogen and oxygen atoms in total. The predicted molar refractivity (Wildman–Crippen MR) is 59.6 cm³/mol. The van der Waals surface area contributed by atoms with Crippen LogP contribution in [0.25, 0.3) is 11.1 Å². The molecule has 1 aromatic heterocycles. The quantitative estimate of drug-likeness (QED) is 0.538. The van der Waals surface area contributed by atoms with Crippen molar-refractivity contribution in [1.29, 1.82) is 0 Å². The van der Waals surface area contributed by atoms with Gasteiger partial charge in [0.15, 0.2) is 0 Å². The molecule has 0 spiro atoms. The Hall–Kier alpha value is -2.12. The minimum atomic E-state index is -4.84. The van der Waals surface area contributed by atoms with E-state index in [1.54, 1.807) is 0 Å². The second-order valence-corrected chi connectivity index (χ2v) is 4.14. The lowest BCUT2D eigenvalue weighted by atomic mass is 10.0. The molecule has 0 radical (unpaired) electrons.